The van der Waals surface area contributed by atoms with Crippen LogP contribution in [0.15, 0.2) is 54.2 Å². The minimum atomic E-state index is -1.26. The van der Waals surface area contributed by atoms with Crippen LogP contribution in [0.1, 0.15) is 13.8 Å². The van der Waals surface area contributed by atoms with Crippen molar-refractivity contribution in [1.82, 2.24) is 4.98 Å². The smallest absolute Gasteiger partial charge is 0.350 e. The third-order valence-electron chi connectivity index (χ3n) is 4.02. The summed E-state index contributed by atoms with van der Waals surface area (Å²) >= 11 is 1.54. The quantitative estimate of drug-likeness (QED) is 0.302. The van der Waals surface area contributed by atoms with Crippen LogP contribution in [0.25, 0.3) is 20.8 Å². The van der Waals surface area contributed by atoms with E-state index in [2.05, 4.69) is 10.3 Å². The zero-order chi connectivity index (χ0) is 19.9. The van der Waals surface area contributed by atoms with Crippen molar-refractivity contribution in [3.8, 4) is 10.6 Å². The zero-order valence-corrected chi connectivity index (χ0v) is 16.0. The summed E-state index contributed by atoms with van der Waals surface area (Å²) < 4.78 is 11.2. The van der Waals surface area contributed by atoms with Crippen LogP contribution >= 0.6 is 11.3 Å². The normalized spacial score (nSPS) is 15.9. The Kier molecular flexibility index (Phi) is 4.27. The summed E-state index contributed by atoms with van der Waals surface area (Å²) in [5, 5.41) is 3.79. The third-order valence-corrected chi connectivity index (χ3v) is 5.09. The number of ether oxygens (including phenoxy) is 2. The maximum absolute atomic E-state index is 12.0. The van der Waals surface area contributed by atoms with Gasteiger partial charge in [0.05, 0.1) is 10.2 Å². The van der Waals surface area contributed by atoms with E-state index in [9.17, 15) is 9.59 Å². The molecule has 142 valence electrons. The van der Waals surface area contributed by atoms with E-state index in [0.29, 0.717) is 11.4 Å². The van der Waals surface area contributed by atoms with Gasteiger partial charge in [-0.05, 0) is 30.3 Å². The Morgan fingerprint density at radius 1 is 1.11 bits per heavy atom. The molecular weight excluding hydrogens is 378 g/mol. The lowest BCUT2D eigenvalue weighted by Gasteiger charge is -2.29. The van der Waals surface area contributed by atoms with Crippen LogP contribution in [0.4, 0.5) is 11.4 Å². The van der Waals surface area contributed by atoms with Crippen LogP contribution < -0.4 is 11.1 Å². The van der Waals surface area contributed by atoms with Crippen molar-refractivity contribution in [3.63, 3.8) is 0 Å². The van der Waals surface area contributed by atoms with Crippen LogP contribution in [0.3, 0.4) is 0 Å². The van der Waals surface area contributed by atoms with E-state index < -0.39 is 17.7 Å². The molecule has 1 fully saturated rings. The van der Waals surface area contributed by atoms with Crippen LogP contribution in [0.2, 0.25) is 0 Å². The first-order valence-corrected chi connectivity index (χ1v) is 9.32. The van der Waals surface area contributed by atoms with Gasteiger partial charge in [0.25, 0.3) is 5.79 Å². The molecule has 1 aliphatic heterocycles. The number of esters is 2. The summed E-state index contributed by atoms with van der Waals surface area (Å²) in [5.74, 6) is -2.72. The molecule has 4 rings (SSSR count). The number of benzene rings is 2. The van der Waals surface area contributed by atoms with Gasteiger partial charge >= 0.3 is 11.9 Å². The van der Waals surface area contributed by atoms with E-state index in [1.54, 1.807) is 0 Å². The molecule has 0 amide bonds. The highest BCUT2D eigenvalue weighted by Gasteiger charge is 2.38. The number of nitrogens with two attached hydrogens (primary N) is 1. The fraction of sp³-hybridized carbons (Fsp3) is 0.150. The number of nitrogens with one attached hydrogen (secondary N) is 1. The molecule has 3 N–H and O–H groups in total. The van der Waals surface area contributed by atoms with E-state index >= 15 is 0 Å². The van der Waals surface area contributed by atoms with Crippen LogP contribution in [0, 0.1) is 0 Å². The molecule has 3 aromatic rings. The highest BCUT2D eigenvalue weighted by atomic mass is 32.1. The first-order chi connectivity index (χ1) is 13.3. The van der Waals surface area contributed by atoms with E-state index in [-0.39, 0.29) is 5.57 Å². The van der Waals surface area contributed by atoms with E-state index in [1.807, 2.05) is 42.5 Å². The summed E-state index contributed by atoms with van der Waals surface area (Å²) in [6, 6.07) is 13.1. The monoisotopic (exact) mass is 395 g/mol. The summed E-state index contributed by atoms with van der Waals surface area (Å²) in [4.78, 5) is 28.6. The lowest BCUT2D eigenvalue weighted by atomic mass is 10.2. The van der Waals surface area contributed by atoms with Crippen molar-refractivity contribution in [1.29, 1.82) is 0 Å². The molecule has 1 aliphatic rings. The average Bonchev–Trinajstić information content (AvgIpc) is 3.03. The van der Waals surface area contributed by atoms with Crippen LogP contribution in [-0.2, 0) is 19.1 Å². The van der Waals surface area contributed by atoms with Gasteiger partial charge in [0.15, 0.2) is 5.57 Å². The van der Waals surface area contributed by atoms with Gasteiger partial charge in [0.1, 0.15) is 5.01 Å². The molecule has 2 aromatic carbocycles. The molecule has 0 atom stereocenters. The Hall–Kier alpha value is -3.39. The van der Waals surface area contributed by atoms with Crippen molar-refractivity contribution >= 4 is 44.9 Å². The minimum Gasteiger partial charge on any atom is -0.419 e. The molecule has 2 heterocycles. The van der Waals surface area contributed by atoms with Gasteiger partial charge in [-0.15, -0.1) is 11.3 Å². The number of fused-ring (bicyclic) bond motifs is 1. The topological polar surface area (TPSA) is 104 Å². The number of rotatable bonds is 3. The highest BCUT2D eigenvalue weighted by molar-refractivity contribution is 7.21. The summed E-state index contributed by atoms with van der Waals surface area (Å²) in [7, 11) is 0. The van der Waals surface area contributed by atoms with Gasteiger partial charge in [-0.1, -0.05) is 12.1 Å². The number of thiazole rings is 1. The molecule has 0 spiro atoms. The average molecular weight is 395 g/mol. The van der Waals surface area contributed by atoms with E-state index in [1.165, 1.54) is 31.4 Å². The molecule has 1 aromatic heterocycles. The lowest BCUT2D eigenvalue weighted by molar-refractivity contribution is -0.222. The second kappa shape index (κ2) is 6.65. The van der Waals surface area contributed by atoms with Crippen LogP contribution in [0.5, 0.6) is 0 Å². The van der Waals surface area contributed by atoms with Crippen molar-refractivity contribution in [2.75, 3.05) is 11.1 Å². The van der Waals surface area contributed by atoms with Gasteiger partial charge < -0.3 is 20.5 Å². The highest BCUT2D eigenvalue weighted by Crippen LogP contribution is 2.32. The Morgan fingerprint density at radius 3 is 2.61 bits per heavy atom. The number of carbonyl (C=O) groups excluding carboxylic acids is 2. The van der Waals surface area contributed by atoms with Crippen LogP contribution in [-0.4, -0.2) is 22.7 Å². The number of cyclic esters (lactones) is 2. The second-order valence-corrected chi connectivity index (χ2v) is 7.74. The minimum absolute atomic E-state index is 0.194. The van der Waals surface area contributed by atoms with Crippen molar-refractivity contribution in [2.24, 2.45) is 0 Å². The van der Waals surface area contributed by atoms with Gasteiger partial charge in [-0.25, -0.2) is 14.6 Å². The molecule has 0 aliphatic carbocycles. The Bertz CT molecular complexity index is 1110. The number of anilines is 2. The number of hydrogen-bond acceptors (Lipinski definition) is 8. The molecule has 28 heavy (non-hydrogen) atoms. The summed E-state index contributed by atoms with van der Waals surface area (Å²) in [6.45, 7) is 3.00. The summed E-state index contributed by atoms with van der Waals surface area (Å²) in [5.41, 5.74) is 8.80. The maximum atomic E-state index is 12.0. The number of carbonyl (C=O) groups is 2. The van der Waals surface area contributed by atoms with Gasteiger partial charge in [0, 0.05) is 37.0 Å². The second-order valence-electron chi connectivity index (χ2n) is 6.71. The predicted octanol–water partition coefficient (Wildman–Crippen LogP) is 3.68. The number of aromatic nitrogens is 1. The molecule has 1 saturated heterocycles. The van der Waals surface area contributed by atoms with Crippen molar-refractivity contribution in [2.45, 2.75) is 19.6 Å². The molecule has 7 nitrogen and oxygen atoms in total. The maximum Gasteiger partial charge on any atom is 0.350 e. The van der Waals surface area contributed by atoms with Gasteiger partial charge in [-0.2, -0.15) is 0 Å². The molecule has 0 bridgehead atoms. The van der Waals surface area contributed by atoms with Gasteiger partial charge in [0.2, 0.25) is 0 Å². The lowest BCUT2D eigenvalue weighted by Crippen LogP contribution is -2.42. The standard InChI is InChI=1S/C20H17N3O4S/c1-20(2)26-18(24)14(19(25)27-20)10-22-13-5-3-4-11(8-13)17-23-15-7-6-12(21)9-16(15)28-17/h3-10,22H,21H2,1-2H3. The molecule has 0 saturated carbocycles. The van der Waals surface area contributed by atoms with Gasteiger partial charge in [-0.3, -0.25) is 0 Å². The number of nitrogen functional groups attached to an aromatic ring is 1. The zero-order valence-electron chi connectivity index (χ0n) is 15.2. The van der Waals surface area contributed by atoms with E-state index in [4.69, 9.17) is 15.2 Å². The fourth-order valence-electron chi connectivity index (χ4n) is 2.74. The molecule has 0 unspecified atom stereocenters. The first-order valence-electron chi connectivity index (χ1n) is 8.51. The first kappa shape index (κ1) is 18.0. The fourth-order valence-corrected chi connectivity index (χ4v) is 3.75. The SMILES string of the molecule is CC1(C)OC(=O)C(=CNc2cccc(-c3nc4ccc(N)cc4s3)c2)C(=O)O1. The molecule has 0 radical (unpaired) electrons. The molecule has 8 heteroatoms. The number of hydrogen-bond donors (Lipinski definition) is 2. The predicted molar refractivity (Wildman–Crippen MR) is 107 cm³/mol. The molecular formula is C20H17N3O4S. The van der Waals surface area contributed by atoms with Crippen molar-refractivity contribution < 1.29 is 19.1 Å². The Balaban J connectivity index is 1.59. The number of nitrogens with zero attached hydrogens (tertiary/aromatic N) is 1. The Labute approximate surface area is 164 Å². The Morgan fingerprint density at radius 2 is 1.86 bits per heavy atom. The summed E-state index contributed by atoms with van der Waals surface area (Å²) in [6.07, 6.45) is 1.29. The third kappa shape index (κ3) is 3.54. The van der Waals surface area contributed by atoms with E-state index in [0.717, 1.165) is 20.8 Å². The largest absolute Gasteiger partial charge is 0.419 e. The van der Waals surface area contributed by atoms with Crippen molar-refractivity contribution in [3.05, 3.63) is 54.2 Å².